The normalized spacial score (nSPS) is 11.1. The van der Waals surface area contributed by atoms with Crippen LogP contribution in [-0.2, 0) is 0 Å². The lowest BCUT2D eigenvalue weighted by atomic mass is 10.1. The summed E-state index contributed by atoms with van der Waals surface area (Å²) in [6.45, 7) is 2.03. The Hall–Kier alpha value is -3.08. The molecule has 3 N–H and O–H groups in total. The molecule has 0 atom stereocenters. The number of hydrogen-bond donors (Lipinski definition) is 3. The van der Waals surface area contributed by atoms with Gasteiger partial charge in [-0.3, -0.25) is 4.79 Å². The van der Waals surface area contributed by atoms with E-state index in [2.05, 4.69) is 15.5 Å². The van der Waals surface area contributed by atoms with Crippen LogP contribution in [0.1, 0.15) is 21.5 Å². The first-order chi connectivity index (χ1) is 10.6. The first kappa shape index (κ1) is 13.9. The van der Waals surface area contributed by atoms with E-state index in [1.807, 2.05) is 31.3 Å². The first-order valence-electron chi connectivity index (χ1n) is 6.84. The maximum atomic E-state index is 11.9. The Balaban J connectivity index is 1.77. The number of hydrazone groups is 1. The van der Waals surface area contributed by atoms with E-state index < -0.39 is 5.91 Å². The van der Waals surface area contributed by atoms with Crippen LogP contribution < -0.4 is 5.43 Å². The van der Waals surface area contributed by atoms with E-state index in [1.54, 1.807) is 18.3 Å². The molecule has 0 aliphatic rings. The topological polar surface area (TPSA) is 77.5 Å². The predicted molar refractivity (Wildman–Crippen MR) is 86.2 cm³/mol. The third-order valence-electron chi connectivity index (χ3n) is 3.39. The van der Waals surface area contributed by atoms with Crippen molar-refractivity contribution in [1.82, 2.24) is 10.4 Å². The number of benzene rings is 2. The predicted octanol–water partition coefficient (Wildman–Crippen LogP) is 2.95. The number of aryl methyl sites for hydroxylation is 1. The van der Waals surface area contributed by atoms with Crippen molar-refractivity contribution in [2.75, 3.05) is 0 Å². The summed E-state index contributed by atoms with van der Waals surface area (Å²) in [5.41, 5.74) is 5.68. The molecule has 5 heteroatoms. The second-order valence-corrected chi connectivity index (χ2v) is 5.01. The van der Waals surface area contributed by atoms with Crippen molar-refractivity contribution in [3.63, 3.8) is 0 Å². The quantitative estimate of drug-likeness (QED) is 0.513. The highest BCUT2D eigenvalue weighted by Crippen LogP contribution is 2.18. The van der Waals surface area contributed by atoms with Crippen LogP contribution in [0, 0.1) is 6.92 Å². The molecule has 0 saturated carbocycles. The maximum absolute atomic E-state index is 11.9. The van der Waals surface area contributed by atoms with Crippen molar-refractivity contribution in [2.24, 2.45) is 5.10 Å². The molecule has 0 aliphatic heterocycles. The molecule has 22 heavy (non-hydrogen) atoms. The van der Waals surface area contributed by atoms with Crippen LogP contribution in [0.4, 0.5) is 0 Å². The lowest BCUT2D eigenvalue weighted by Crippen LogP contribution is -2.17. The van der Waals surface area contributed by atoms with Gasteiger partial charge in [-0.05, 0) is 30.7 Å². The van der Waals surface area contributed by atoms with E-state index >= 15 is 0 Å². The first-order valence-corrected chi connectivity index (χ1v) is 6.84. The van der Waals surface area contributed by atoms with Crippen molar-refractivity contribution < 1.29 is 9.90 Å². The Morgan fingerprint density at radius 1 is 1.27 bits per heavy atom. The standard InChI is InChI=1S/C17H15N3O2/c1-11-6-7-13-12(9-18-15(13)8-11)10-19-20-17(22)14-4-2-3-5-16(14)21/h2-10,18,21H,1H3,(H,20,22)/b19-10+. The number of H-pyrrole nitrogens is 1. The molecule has 0 fully saturated rings. The number of hydrogen-bond acceptors (Lipinski definition) is 3. The molecular weight excluding hydrogens is 278 g/mol. The summed E-state index contributed by atoms with van der Waals surface area (Å²) < 4.78 is 0. The molecule has 3 aromatic rings. The lowest BCUT2D eigenvalue weighted by Gasteiger charge is -2.01. The minimum absolute atomic E-state index is 0.0715. The number of para-hydroxylation sites is 1. The van der Waals surface area contributed by atoms with E-state index in [0.717, 1.165) is 16.5 Å². The summed E-state index contributed by atoms with van der Waals surface area (Å²) in [4.78, 5) is 15.1. The van der Waals surface area contributed by atoms with Gasteiger partial charge in [-0.25, -0.2) is 5.43 Å². The molecule has 5 nitrogen and oxygen atoms in total. The Bertz CT molecular complexity index is 865. The average Bonchev–Trinajstić information content (AvgIpc) is 2.90. The van der Waals surface area contributed by atoms with Gasteiger partial charge in [0.2, 0.25) is 0 Å². The zero-order valence-corrected chi connectivity index (χ0v) is 12.0. The van der Waals surface area contributed by atoms with Gasteiger partial charge in [0.05, 0.1) is 11.8 Å². The number of nitrogens with zero attached hydrogens (tertiary/aromatic N) is 1. The minimum atomic E-state index is -0.454. The smallest absolute Gasteiger partial charge is 0.275 e. The Labute approximate surface area is 127 Å². The molecule has 0 aliphatic carbocycles. The van der Waals surface area contributed by atoms with E-state index in [9.17, 15) is 9.90 Å². The summed E-state index contributed by atoms with van der Waals surface area (Å²) in [7, 11) is 0. The van der Waals surface area contributed by atoms with Gasteiger partial charge in [-0.2, -0.15) is 5.10 Å². The molecule has 1 amide bonds. The van der Waals surface area contributed by atoms with Crippen molar-refractivity contribution in [2.45, 2.75) is 6.92 Å². The summed E-state index contributed by atoms with van der Waals surface area (Å²) in [5, 5.41) is 14.6. The number of nitrogens with one attached hydrogen (secondary N) is 2. The van der Waals surface area contributed by atoms with E-state index in [-0.39, 0.29) is 11.3 Å². The maximum Gasteiger partial charge on any atom is 0.275 e. The minimum Gasteiger partial charge on any atom is -0.507 e. The fourth-order valence-corrected chi connectivity index (χ4v) is 2.26. The van der Waals surface area contributed by atoms with Crippen molar-refractivity contribution in [1.29, 1.82) is 0 Å². The monoisotopic (exact) mass is 293 g/mol. The number of phenols is 1. The van der Waals surface area contributed by atoms with Gasteiger partial charge in [-0.15, -0.1) is 0 Å². The number of phenolic OH excluding ortho intramolecular Hbond substituents is 1. The van der Waals surface area contributed by atoms with Crippen LogP contribution in [0.5, 0.6) is 5.75 Å². The number of aromatic amines is 1. The molecule has 0 saturated heterocycles. The van der Waals surface area contributed by atoms with Crippen molar-refractivity contribution in [3.8, 4) is 5.75 Å². The number of rotatable bonds is 3. The largest absolute Gasteiger partial charge is 0.507 e. The van der Waals surface area contributed by atoms with Gasteiger partial charge >= 0.3 is 0 Å². The molecule has 1 aromatic heterocycles. The molecule has 1 heterocycles. The van der Waals surface area contributed by atoms with Crippen LogP contribution in [0.15, 0.2) is 53.8 Å². The third kappa shape index (κ3) is 2.69. The average molecular weight is 293 g/mol. The molecule has 3 rings (SSSR count). The van der Waals surface area contributed by atoms with Crippen LogP contribution in [-0.4, -0.2) is 22.2 Å². The number of fused-ring (bicyclic) bond motifs is 1. The van der Waals surface area contributed by atoms with Crippen molar-refractivity contribution in [3.05, 3.63) is 65.4 Å². The highest BCUT2D eigenvalue weighted by Gasteiger charge is 2.08. The Morgan fingerprint density at radius 2 is 2.09 bits per heavy atom. The van der Waals surface area contributed by atoms with Gasteiger partial charge in [0.25, 0.3) is 5.91 Å². The molecule has 0 unspecified atom stereocenters. The second-order valence-electron chi connectivity index (χ2n) is 5.01. The number of aromatic nitrogens is 1. The molecular formula is C17H15N3O2. The van der Waals surface area contributed by atoms with Crippen LogP contribution in [0.25, 0.3) is 10.9 Å². The fourth-order valence-electron chi connectivity index (χ4n) is 2.26. The molecule has 0 bridgehead atoms. The number of aromatic hydroxyl groups is 1. The van der Waals surface area contributed by atoms with Crippen LogP contribution in [0.2, 0.25) is 0 Å². The number of carbonyl (C=O) groups is 1. The number of amides is 1. The zero-order chi connectivity index (χ0) is 15.5. The van der Waals surface area contributed by atoms with Gasteiger partial charge in [0.15, 0.2) is 0 Å². The summed E-state index contributed by atoms with van der Waals surface area (Å²) >= 11 is 0. The van der Waals surface area contributed by atoms with E-state index in [0.29, 0.717) is 0 Å². The highest BCUT2D eigenvalue weighted by atomic mass is 16.3. The van der Waals surface area contributed by atoms with E-state index in [4.69, 9.17) is 0 Å². The molecule has 0 spiro atoms. The van der Waals surface area contributed by atoms with E-state index in [1.165, 1.54) is 17.7 Å². The Morgan fingerprint density at radius 3 is 2.91 bits per heavy atom. The Kier molecular flexibility index (Phi) is 3.62. The van der Waals surface area contributed by atoms with Crippen LogP contribution in [0.3, 0.4) is 0 Å². The SMILES string of the molecule is Cc1ccc2c(/C=N/NC(=O)c3ccccc3O)c[nH]c2c1. The third-order valence-corrected chi connectivity index (χ3v) is 3.39. The van der Waals surface area contributed by atoms with Gasteiger partial charge in [-0.1, -0.05) is 24.3 Å². The molecule has 110 valence electrons. The lowest BCUT2D eigenvalue weighted by molar-refractivity contribution is 0.0952. The summed E-state index contributed by atoms with van der Waals surface area (Å²) in [6, 6.07) is 12.4. The molecule has 0 radical (unpaired) electrons. The fraction of sp³-hybridized carbons (Fsp3) is 0.0588. The van der Waals surface area contributed by atoms with Gasteiger partial charge in [0.1, 0.15) is 5.75 Å². The van der Waals surface area contributed by atoms with Gasteiger partial charge in [0, 0.05) is 22.7 Å². The summed E-state index contributed by atoms with van der Waals surface area (Å²) in [6.07, 6.45) is 3.41. The zero-order valence-electron chi connectivity index (χ0n) is 12.0. The number of carbonyl (C=O) groups excluding carboxylic acids is 1. The van der Waals surface area contributed by atoms with Crippen LogP contribution >= 0.6 is 0 Å². The highest BCUT2D eigenvalue weighted by molar-refractivity contribution is 6.01. The molecule has 2 aromatic carbocycles. The van der Waals surface area contributed by atoms with Crippen molar-refractivity contribution >= 4 is 23.0 Å². The summed E-state index contributed by atoms with van der Waals surface area (Å²) in [5.74, 6) is -0.525. The van der Waals surface area contributed by atoms with Gasteiger partial charge < -0.3 is 10.1 Å². The second kappa shape index (κ2) is 5.73.